The Labute approximate surface area is 109 Å². The molecule has 0 spiro atoms. The average molecular weight is 245 g/mol. The van der Waals surface area contributed by atoms with Crippen molar-refractivity contribution in [2.75, 3.05) is 6.61 Å². The number of aliphatic hydroxyl groups excluding tert-OH is 1. The van der Waals surface area contributed by atoms with E-state index in [1.807, 2.05) is 0 Å². The van der Waals surface area contributed by atoms with Gasteiger partial charge in [-0.15, -0.1) is 0 Å². The van der Waals surface area contributed by atoms with Gasteiger partial charge in [0.2, 0.25) is 0 Å². The molecule has 0 atom stereocenters. The van der Waals surface area contributed by atoms with E-state index in [0.717, 1.165) is 12.8 Å². The first-order valence-corrected chi connectivity index (χ1v) is 7.25. The molecular formula is C16H23NO. The molecule has 2 aliphatic carbocycles. The molecule has 2 fully saturated rings. The van der Waals surface area contributed by atoms with Crippen LogP contribution in [0.4, 0.5) is 0 Å². The Morgan fingerprint density at radius 1 is 1.06 bits per heavy atom. The Balaban J connectivity index is 1.62. The second-order valence-electron chi connectivity index (χ2n) is 6.04. The zero-order chi connectivity index (χ0) is 12.4. The van der Waals surface area contributed by atoms with Crippen LogP contribution in [0.2, 0.25) is 0 Å². The monoisotopic (exact) mass is 245 g/mol. The van der Waals surface area contributed by atoms with Crippen molar-refractivity contribution in [3.05, 3.63) is 35.9 Å². The molecule has 2 nitrogen and oxygen atoms in total. The van der Waals surface area contributed by atoms with E-state index < -0.39 is 0 Å². The van der Waals surface area contributed by atoms with Crippen LogP contribution in [0, 0.1) is 0 Å². The smallest absolute Gasteiger partial charge is 0.0613 e. The van der Waals surface area contributed by atoms with Crippen molar-refractivity contribution >= 4 is 0 Å². The minimum atomic E-state index is 0.0203. The molecule has 0 bridgehead atoms. The Morgan fingerprint density at radius 3 is 2.28 bits per heavy atom. The van der Waals surface area contributed by atoms with Crippen LogP contribution < -0.4 is 5.32 Å². The number of hydrogen-bond acceptors (Lipinski definition) is 2. The number of rotatable bonds is 4. The Hall–Kier alpha value is -0.860. The lowest BCUT2D eigenvalue weighted by Crippen LogP contribution is -2.51. The fourth-order valence-corrected chi connectivity index (χ4v) is 3.24. The van der Waals surface area contributed by atoms with Crippen LogP contribution in [-0.4, -0.2) is 23.3 Å². The highest BCUT2D eigenvalue weighted by molar-refractivity contribution is 5.20. The van der Waals surface area contributed by atoms with Crippen LogP contribution in [0.25, 0.3) is 0 Å². The van der Waals surface area contributed by atoms with Crippen molar-refractivity contribution in [2.45, 2.75) is 56.0 Å². The van der Waals surface area contributed by atoms with Gasteiger partial charge in [-0.05, 0) is 50.0 Å². The lowest BCUT2D eigenvalue weighted by Gasteiger charge is -2.40. The summed E-state index contributed by atoms with van der Waals surface area (Å²) in [6.07, 6.45) is 7.21. The third kappa shape index (κ3) is 2.60. The molecule has 0 radical (unpaired) electrons. The summed E-state index contributed by atoms with van der Waals surface area (Å²) >= 11 is 0. The molecule has 0 aliphatic heterocycles. The second-order valence-corrected chi connectivity index (χ2v) is 6.04. The van der Waals surface area contributed by atoms with Crippen molar-refractivity contribution in [1.82, 2.24) is 5.32 Å². The van der Waals surface area contributed by atoms with Gasteiger partial charge in [0.05, 0.1) is 6.61 Å². The maximum absolute atomic E-state index is 9.71. The van der Waals surface area contributed by atoms with Crippen LogP contribution in [0.3, 0.4) is 0 Å². The molecule has 1 aromatic rings. The zero-order valence-electron chi connectivity index (χ0n) is 10.9. The van der Waals surface area contributed by atoms with Crippen LogP contribution >= 0.6 is 0 Å². The first kappa shape index (κ1) is 12.2. The fourth-order valence-electron chi connectivity index (χ4n) is 3.24. The molecule has 98 valence electrons. The molecule has 0 unspecified atom stereocenters. The van der Waals surface area contributed by atoms with Crippen LogP contribution in [-0.2, 0) is 0 Å². The van der Waals surface area contributed by atoms with E-state index in [1.165, 1.54) is 31.2 Å². The third-order valence-electron chi connectivity index (χ3n) is 4.60. The normalized spacial score (nSPS) is 32.4. The molecule has 1 aromatic carbocycles. The van der Waals surface area contributed by atoms with Gasteiger partial charge in [-0.25, -0.2) is 0 Å². The molecular weight excluding hydrogens is 222 g/mol. The van der Waals surface area contributed by atoms with Crippen LogP contribution in [0.5, 0.6) is 0 Å². The summed E-state index contributed by atoms with van der Waals surface area (Å²) in [6.45, 7) is 0.297. The predicted molar refractivity (Wildman–Crippen MR) is 73.6 cm³/mol. The Bertz CT molecular complexity index is 377. The number of hydrogen-bond donors (Lipinski definition) is 2. The third-order valence-corrected chi connectivity index (χ3v) is 4.60. The first-order chi connectivity index (χ1) is 8.81. The van der Waals surface area contributed by atoms with E-state index >= 15 is 0 Å². The number of benzene rings is 1. The molecule has 18 heavy (non-hydrogen) atoms. The Morgan fingerprint density at radius 2 is 1.72 bits per heavy atom. The van der Waals surface area contributed by atoms with Gasteiger partial charge in [0.25, 0.3) is 0 Å². The lowest BCUT2D eigenvalue weighted by molar-refractivity contribution is 0.112. The van der Waals surface area contributed by atoms with Gasteiger partial charge in [0.15, 0.2) is 0 Å². The van der Waals surface area contributed by atoms with Crippen molar-refractivity contribution in [3.63, 3.8) is 0 Å². The fraction of sp³-hybridized carbons (Fsp3) is 0.625. The number of aliphatic hydroxyl groups is 1. The van der Waals surface area contributed by atoms with E-state index in [4.69, 9.17) is 0 Å². The standard InChI is InChI=1S/C16H23NO/c18-12-16(17-15-6-7-15)10-8-14(9-11-16)13-4-2-1-3-5-13/h1-5,14-15,17-18H,6-12H2. The van der Waals surface area contributed by atoms with Crippen LogP contribution in [0.15, 0.2) is 30.3 Å². The molecule has 3 rings (SSSR count). The summed E-state index contributed by atoms with van der Waals surface area (Å²) in [6, 6.07) is 11.5. The van der Waals surface area contributed by atoms with Gasteiger partial charge in [-0.3, -0.25) is 0 Å². The molecule has 0 amide bonds. The quantitative estimate of drug-likeness (QED) is 0.855. The van der Waals surface area contributed by atoms with E-state index in [-0.39, 0.29) is 5.54 Å². The van der Waals surface area contributed by atoms with Gasteiger partial charge < -0.3 is 10.4 Å². The van der Waals surface area contributed by atoms with Gasteiger partial charge in [-0.1, -0.05) is 30.3 Å². The largest absolute Gasteiger partial charge is 0.394 e. The maximum atomic E-state index is 9.71. The van der Waals surface area contributed by atoms with Crippen molar-refractivity contribution in [1.29, 1.82) is 0 Å². The average Bonchev–Trinajstić information content (AvgIpc) is 3.24. The van der Waals surface area contributed by atoms with Crippen molar-refractivity contribution < 1.29 is 5.11 Å². The Kier molecular flexibility index (Phi) is 3.40. The molecule has 2 aliphatic rings. The summed E-state index contributed by atoms with van der Waals surface area (Å²) in [4.78, 5) is 0. The molecule has 2 N–H and O–H groups in total. The molecule has 2 saturated carbocycles. The summed E-state index contributed by atoms with van der Waals surface area (Å²) in [5, 5.41) is 13.4. The maximum Gasteiger partial charge on any atom is 0.0613 e. The number of nitrogens with one attached hydrogen (secondary N) is 1. The van der Waals surface area contributed by atoms with Crippen LogP contribution in [0.1, 0.15) is 50.0 Å². The molecule has 2 heteroatoms. The highest BCUT2D eigenvalue weighted by Crippen LogP contribution is 2.39. The molecule has 0 heterocycles. The summed E-state index contributed by atoms with van der Waals surface area (Å²) < 4.78 is 0. The van der Waals surface area contributed by atoms with E-state index in [1.54, 1.807) is 0 Å². The SMILES string of the molecule is OCC1(NC2CC2)CCC(c2ccccc2)CC1. The molecule has 0 saturated heterocycles. The van der Waals surface area contributed by atoms with Gasteiger partial charge in [0, 0.05) is 11.6 Å². The predicted octanol–water partition coefficient (Wildman–Crippen LogP) is 2.83. The van der Waals surface area contributed by atoms with Gasteiger partial charge in [0.1, 0.15) is 0 Å². The van der Waals surface area contributed by atoms with Crippen molar-refractivity contribution in [2.24, 2.45) is 0 Å². The summed E-state index contributed by atoms with van der Waals surface area (Å²) in [5.74, 6) is 0.687. The zero-order valence-corrected chi connectivity index (χ0v) is 10.9. The highest BCUT2D eigenvalue weighted by atomic mass is 16.3. The van der Waals surface area contributed by atoms with Gasteiger partial charge in [-0.2, -0.15) is 0 Å². The highest BCUT2D eigenvalue weighted by Gasteiger charge is 2.38. The first-order valence-electron chi connectivity index (χ1n) is 7.25. The minimum Gasteiger partial charge on any atom is -0.394 e. The van der Waals surface area contributed by atoms with E-state index in [9.17, 15) is 5.11 Å². The van der Waals surface area contributed by atoms with Gasteiger partial charge >= 0.3 is 0 Å². The minimum absolute atomic E-state index is 0.0203. The second kappa shape index (κ2) is 5.02. The molecule has 0 aromatic heterocycles. The van der Waals surface area contributed by atoms with Crippen molar-refractivity contribution in [3.8, 4) is 0 Å². The summed E-state index contributed by atoms with van der Waals surface area (Å²) in [7, 11) is 0. The van der Waals surface area contributed by atoms with E-state index in [2.05, 4.69) is 35.6 Å². The topological polar surface area (TPSA) is 32.3 Å². The lowest BCUT2D eigenvalue weighted by atomic mass is 9.74. The summed E-state index contributed by atoms with van der Waals surface area (Å²) in [5.41, 5.74) is 1.49. The van der Waals surface area contributed by atoms with E-state index in [0.29, 0.717) is 18.6 Å².